The molecule has 1 heterocycles. The highest BCUT2D eigenvalue weighted by Gasteiger charge is 2.35. The van der Waals surface area contributed by atoms with Crippen molar-refractivity contribution >= 4 is 11.9 Å². The molecular formula is C16H23N3O3. The van der Waals surface area contributed by atoms with Gasteiger partial charge >= 0.3 is 5.97 Å². The summed E-state index contributed by atoms with van der Waals surface area (Å²) >= 11 is 0. The highest BCUT2D eigenvalue weighted by Crippen LogP contribution is 2.26. The first-order valence-electron chi connectivity index (χ1n) is 7.75. The number of carbonyl (C=O) groups is 2. The number of hydrogen-bond acceptors (Lipinski definition) is 4. The average molecular weight is 305 g/mol. The molecule has 1 fully saturated rings. The van der Waals surface area contributed by atoms with E-state index in [2.05, 4.69) is 10.3 Å². The third-order valence-corrected chi connectivity index (χ3v) is 4.20. The van der Waals surface area contributed by atoms with E-state index in [1.54, 1.807) is 6.20 Å². The van der Waals surface area contributed by atoms with Gasteiger partial charge in [0.25, 0.3) is 5.91 Å². The number of hydrogen-bond donors (Lipinski definition) is 2. The van der Waals surface area contributed by atoms with Crippen molar-refractivity contribution in [2.45, 2.75) is 45.2 Å². The van der Waals surface area contributed by atoms with Gasteiger partial charge in [-0.2, -0.15) is 0 Å². The number of pyridine rings is 1. The molecule has 2 N–H and O–H groups in total. The molecule has 6 nitrogen and oxygen atoms in total. The van der Waals surface area contributed by atoms with Crippen LogP contribution < -0.4 is 5.32 Å². The predicted molar refractivity (Wildman–Crippen MR) is 82.8 cm³/mol. The van der Waals surface area contributed by atoms with Crippen LogP contribution in [0.1, 0.15) is 42.7 Å². The zero-order valence-corrected chi connectivity index (χ0v) is 13.1. The number of aromatic nitrogens is 1. The molecule has 120 valence electrons. The fourth-order valence-corrected chi connectivity index (χ4v) is 2.86. The molecule has 0 spiro atoms. The van der Waals surface area contributed by atoms with Gasteiger partial charge in [-0.15, -0.1) is 0 Å². The van der Waals surface area contributed by atoms with Crippen LogP contribution in [0, 0.1) is 0 Å². The quantitative estimate of drug-likeness (QED) is 0.793. The first-order valence-corrected chi connectivity index (χ1v) is 7.75. The van der Waals surface area contributed by atoms with Crippen LogP contribution in [-0.4, -0.2) is 52.0 Å². The first kappa shape index (κ1) is 16.4. The number of aliphatic carboxylic acids is 1. The lowest BCUT2D eigenvalue weighted by molar-refractivity contribution is -0.139. The third-order valence-electron chi connectivity index (χ3n) is 4.20. The second-order valence-electron chi connectivity index (χ2n) is 5.62. The molecule has 0 aliphatic heterocycles. The maximum absolute atomic E-state index is 12.3. The second-order valence-corrected chi connectivity index (χ2v) is 5.62. The lowest BCUT2D eigenvalue weighted by Gasteiger charge is -2.42. The van der Waals surface area contributed by atoms with Crippen LogP contribution in [0.3, 0.4) is 0 Å². The van der Waals surface area contributed by atoms with E-state index in [9.17, 15) is 9.59 Å². The van der Waals surface area contributed by atoms with Crippen molar-refractivity contribution in [3.63, 3.8) is 0 Å². The summed E-state index contributed by atoms with van der Waals surface area (Å²) in [6.07, 6.45) is 3.98. The summed E-state index contributed by atoms with van der Waals surface area (Å²) in [6, 6.07) is 4.09. The van der Waals surface area contributed by atoms with Crippen LogP contribution in [0.5, 0.6) is 0 Å². The van der Waals surface area contributed by atoms with Crippen molar-refractivity contribution in [3.05, 3.63) is 29.6 Å². The highest BCUT2D eigenvalue weighted by molar-refractivity contribution is 5.93. The van der Waals surface area contributed by atoms with Crippen molar-refractivity contribution in [3.8, 4) is 0 Å². The molecule has 1 aliphatic carbocycles. The van der Waals surface area contributed by atoms with Crippen LogP contribution in [0.15, 0.2) is 18.3 Å². The molecule has 1 aromatic rings. The molecule has 2 rings (SSSR count). The van der Waals surface area contributed by atoms with Gasteiger partial charge in [0.05, 0.1) is 6.54 Å². The molecule has 0 atom stereocenters. The van der Waals surface area contributed by atoms with E-state index < -0.39 is 5.97 Å². The van der Waals surface area contributed by atoms with Crippen molar-refractivity contribution < 1.29 is 14.7 Å². The minimum atomic E-state index is -0.810. The van der Waals surface area contributed by atoms with Crippen molar-refractivity contribution in [1.29, 1.82) is 0 Å². The normalized spacial score (nSPS) is 20.5. The number of carboxylic acids is 1. The number of aryl methyl sites for hydroxylation is 1. The molecule has 0 aromatic carbocycles. The smallest absolute Gasteiger partial charge is 0.317 e. The topological polar surface area (TPSA) is 82.5 Å². The van der Waals surface area contributed by atoms with Gasteiger partial charge in [-0.25, -0.2) is 0 Å². The summed E-state index contributed by atoms with van der Waals surface area (Å²) in [6.45, 7) is 4.72. The molecule has 0 unspecified atom stereocenters. The molecule has 1 amide bonds. The van der Waals surface area contributed by atoms with E-state index in [1.807, 2.05) is 30.9 Å². The Bertz CT molecular complexity index is 541. The minimum Gasteiger partial charge on any atom is -0.480 e. The number of nitrogens with one attached hydrogen (secondary N) is 1. The Hall–Kier alpha value is -1.95. The van der Waals surface area contributed by atoms with Crippen molar-refractivity contribution in [1.82, 2.24) is 15.2 Å². The van der Waals surface area contributed by atoms with Gasteiger partial charge in [-0.3, -0.25) is 19.5 Å². The van der Waals surface area contributed by atoms with Crippen molar-refractivity contribution in [2.75, 3.05) is 13.1 Å². The molecule has 0 saturated heterocycles. The zero-order valence-electron chi connectivity index (χ0n) is 13.1. The summed E-state index contributed by atoms with van der Waals surface area (Å²) in [5, 5.41) is 11.9. The number of nitrogens with zero attached hydrogens (tertiary/aromatic N) is 2. The number of amides is 1. The van der Waals surface area contributed by atoms with Gasteiger partial charge in [0, 0.05) is 18.3 Å². The minimum absolute atomic E-state index is 0.0576. The van der Waals surface area contributed by atoms with Crippen LogP contribution in [-0.2, 0) is 11.2 Å². The summed E-state index contributed by atoms with van der Waals surface area (Å²) in [4.78, 5) is 29.2. The van der Waals surface area contributed by atoms with Gasteiger partial charge in [-0.1, -0.05) is 19.9 Å². The van der Waals surface area contributed by atoms with E-state index in [0.717, 1.165) is 24.8 Å². The monoisotopic (exact) mass is 305 g/mol. The van der Waals surface area contributed by atoms with Gasteiger partial charge in [0.2, 0.25) is 0 Å². The van der Waals surface area contributed by atoms with E-state index >= 15 is 0 Å². The van der Waals surface area contributed by atoms with E-state index in [4.69, 9.17) is 5.11 Å². The number of rotatable bonds is 7. The summed E-state index contributed by atoms with van der Waals surface area (Å²) in [5.41, 5.74) is 1.43. The first-order chi connectivity index (χ1) is 10.5. The average Bonchev–Trinajstić information content (AvgIpc) is 2.48. The number of carboxylic acid groups (broad SMARTS) is 1. The lowest BCUT2D eigenvalue weighted by Crippen LogP contribution is -2.55. The largest absolute Gasteiger partial charge is 0.480 e. The SMILES string of the molecule is CCc1cccnc1C(=O)NC1CC(N(CC)CC(=O)O)C1. The summed E-state index contributed by atoms with van der Waals surface area (Å²) in [5.74, 6) is -0.947. The Morgan fingerprint density at radius 3 is 2.73 bits per heavy atom. The van der Waals surface area contributed by atoms with Crippen molar-refractivity contribution in [2.24, 2.45) is 0 Å². The molecule has 6 heteroatoms. The molecule has 1 saturated carbocycles. The molecule has 22 heavy (non-hydrogen) atoms. The van der Waals surface area contributed by atoms with E-state index in [0.29, 0.717) is 12.2 Å². The molecule has 0 radical (unpaired) electrons. The van der Waals surface area contributed by atoms with Crippen LogP contribution in [0.4, 0.5) is 0 Å². The Morgan fingerprint density at radius 1 is 1.41 bits per heavy atom. The van der Waals surface area contributed by atoms with E-state index in [-0.39, 0.29) is 24.5 Å². The van der Waals surface area contributed by atoms with Gasteiger partial charge in [0.1, 0.15) is 5.69 Å². The highest BCUT2D eigenvalue weighted by atomic mass is 16.4. The van der Waals surface area contributed by atoms with E-state index in [1.165, 1.54) is 0 Å². The summed E-state index contributed by atoms with van der Waals surface area (Å²) in [7, 11) is 0. The second kappa shape index (κ2) is 7.35. The Balaban J connectivity index is 1.87. The fourth-order valence-electron chi connectivity index (χ4n) is 2.86. The fraction of sp³-hybridized carbons (Fsp3) is 0.562. The standard InChI is InChI=1S/C16H23N3O3/c1-3-11-6-5-7-17-15(11)16(22)18-12-8-13(9-12)19(4-2)10-14(20)21/h5-7,12-13H,3-4,8-10H2,1-2H3,(H,18,22)(H,20,21). The maximum atomic E-state index is 12.3. The molecule has 1 aromatic heterocycles. The molecular weight excluding hydrogens is 282 g/mol. The molecule has 0 bridgehead atoms. The maximum Gasteiger partial charge on any atom is 0.317 e. The zero-order chi connectivity index (χ0) is 16.1. The Labute approximate surface area is 130 Å². The van der Waals surface area contributed by atoms with Gasteiger partial charge in [0.15, 0.2) is 0 Å². The third kappa shape index (κ3) is 3.82. The predicted octanol–water partition coefficient (Wildman–Crippen LogP) is 1.31. The Morgan fingerprint density at radius 2 is 2.14 bits per heavy atom. The number of likely N-dealkylation sites (N-methyl/N-ethyl adjacent to an activating group) is 1. The Kier molecular flexibility index (Phi) is 5.49. The number of carbonyl (C=O) groups excluding carboxylic acids is 1. The van der Waals surface area contributed by atoms with Gasteiger partial charge < -0.3 is 10.4 Å². The molecule has 1 aliphatic rings. The van der Waals surface area contributed by atoms with Crippen LogP contribution in [0.25, 0.3) is 0 Å². The van der Waals surface area contributed by atoms with Crippen LogP contribution >= 0.6 is 0 Å². The lowest BCUT2D eigenvalue weighted by atomic mass is 9.85. The van der Waals surface area contributed by atoms with Crippen LogP contribution in [0.2, 0.25) is 0 Å². The van der Waals surface area contributed by atoms with Gasteiger partial charge in [-0.05, 0) is 37.4 Å². The summed E-state index contributed by atoms with van der Waals surface area (Å²) < 4.78 is 0.